The van der Waals surface area contributed by atoms with Crippen LogP contribution in [0.3, 0.4) is 0 Å². The van der Waals surface area contributed by atoms with Crippen LogP contribution >= 0.6 is 0 Å². The van der Waals surface area contributed by atoms with Gasteiger partial charge in [-0.25, -0.2) is 4.79 Å². The number of rotatable bonds is 6. The molecule has 0 aliphatic rings. The second-order valence-corrected chi connectivity index (χ2v) is 7.32. The van der Waals surface area contributed by atoms with Crippen LogP contribution in [0.4, 0.5) is 11.7 Å². The molecule has 4 aromatic rings. The van der Waals surface area contributed by atoms with Gasteiger partial charge in [0, 0.05) is 16.7 Å². The number of nitrogens with zero attached hydrogens (tertiary/aromatic N) is 3. The number of nitrogens with one attached hydrogen (secondary N) is 1. The predicted octanol–water partition coefficient (Wildman–Crippen LogP) is 5.81. The summed E-state index contributed by atoms with van der Waals surface area (Å²) in [6, 6.07) is 21.1. The van der Waals surface area contributed by atoms with Crippen molar-refractivity contribution in [2.24, 2.45) is 0 Å². The lowest BCUT2D eigenvalue weighted by Crippen LogP contribution is -2.14. The van der Waals surface area contributed by atoms with Crippen LogP contribution in [0.2, 0.25) is 0 Å². The summed E-state index contributed by atoms with van der Waals surface area (Å²) >= 11 is 0. The highest BCUT2D eigenvalue weighted by Crippen LogP contribution is 2.38. The molecule has 0 saturated carbocycles. The van der Waals surface area contributed by atoms with Gasteiger partial charge in [-0.15, -0.1) is 10.2 Å². The summed E-state index contributed by atoms with van der Waals surface area (Å²) in [6.07, 6.45) is 0. The Balaban J connectivity index is 2.00. The highest BCUT2D eigenvalue weighted by molar-refractivity contribution is 6.05. The predicted molar refractivity (Wildman–Crippen MR) is 125 cm³/mol. The zero-order chi connectivity index (χ0) is 23.4. The minimum absolute atomic E-state index is 0.150. The van der Waals surface area contributed by atoms with Gasteiger partial charge in [0.1, 0.15) is 28.7 Å². The molecule has 2 aromatic heterocycles. The minimum Gasteiger partial charge on any atom is -0.462 e. The number of carbonyl (C=O) groups excluding carboxylic acids is 1. The second kappa shape index (κ2) is 9.37. The van der Waals surface area contributed by atoms with Crippen molar-refractivity contribution in [2.75, 3.05) is 11.9 Å². The fraction of sp³-hybridized carbons (Fsp3) is 0.154. The molecule has 0 aliphatic carbocycles. The number of aromatic nitrogens is 2. The van der Waals surface area contributed by atoms with Crippen LogP contribution in [0.25, 0.3) is 22.4 Å². The lowest BCUT2D eigenvalue weighted by atomic mass is 9.95. The summed E-state index contributed by atoms with van der Waals surface area (Å²) in [4.78, 5) is 13.2. The first kappa shape index (κ1) is 21.8. The van der Waals surface area contributed by atoms with Gasteiger partial charge < -0.3 is 14.5 Å². The van der Waals surface area contributed by atoms with Crippen molar-refractivity contribution in [1.82, 2.24) is 10.2 Å². The number of ether oxygens (including phenoxy) is 1. The third-order valence-electron chi connectivity index (χ3n) is 5.29. The Kier molecular flexibility index (Phi) is 6.18. The van der Waals surface area contributed by atoms with Gasteiger partial charge in [-0.05, 0) is 26.3 Å². The molecule has 0 spiro atoms. The first-order valence-corrected chi connectivity index (χ1v) is 10.5. The summed E-state index contributed by atoms with van der Waals surface area (Å²) in [5, 5.41) is 21.4. The normalized spacial score (nSPS) is 10.5. The van der Waals surface area contributed by atoms with E-state index in [1.807, 2.05) is 60.7 Å². The van der Waals surface area contributed by atoms with E-state index < -0.39 is 5.97 Å². The van der Waals surface area contributed by atoms with E-state index in [9.17, 15) is 10.1 Å². The smallest absolute Gasteiger partial charge is 0.342 e. The number of furan rings is 1. The molecule has 0 aliphatic heterocycles. The summed E-state index contributed by atoms with van der Waals surface area (Å²) in [5.74, 6) is 0.407. The van der Waals surface area contributed by atoms with Crippen LogP contribution in [0.5, 0.6) is 0 Å². The van der Waals surface area contributed by atoms with Crippen molar-refractivity contribution in [3.8, 4) is 28.5 Å². The topological polar surface area (TPSA) is 101 Å². The minimum atomic E-state index is -0.551. The number of hydrogen-bond acceptors (Lipinski definition) is 7. The Labute approximate surface area is 191 Å². The van der Waals surface area contributed by atoms with E-state index in [0.29, 0.717) is 22.6 Å². The molecule has 7 nitrogen and oxygen atoms in total. The monoisotopic (exact) mass is 438 g/mol. The van der Waals surface area contributed by atoms with E-state index in [4.69, 9.17) is 9.15 Å². The number of carbonyl (C=O) groups is 1. The Hall–Kier alpha value is -4.44. The van der Waals surface area contributed by atoms with Crippen molar-refractivity contribution in [2.45, 2.75) is 20.8 Å². The van der Waals surface area contributed by atoms with E-state index in [1.165, 1.54) is 0 Å². The summed E-state index contributed by atoms with van der Waals surface area (Å²) in [6.45, 7) is 5.51. The van der Waals surface area contributed by atoms with Crippen molar-refractivity contribution in [1.29, 1.82) is 5.26 Å². The van der Waals surface area contributed by atoms with E-state index in [2.05, 4.69) is 21.6 Å². The van der Waals surface area contributed by atoms with Crippen molar-refractivity contribution in [3.63, 3.8) is 0 Å². The quantitative estimate of drug-likeness (QED) is 0.379. The number of hydrogen-bond donors (Lipinski definition) is 1. The maximum atomic E-state index is 13.2. The number of esters is 1. The zero-order valence-electron chi connectivity index (χ0n) is 18.5. The van der Waals surface area contributed by atoms with E-state index in [-0.39, 0.29) is 23.9 Å². The van der Waals surface area contributed by atoms with Crippen molar-refractivity contribution >= 4 is 17.7 Å². The van der Waals surface area contributed by atoms with Gasteiger partial charge in [-0.2, -0.15) is 5.26 Å². The Bertz CT molecular complexity index is 1340. The first-order chi connectivity index (χ1) is 16.0. The van der Waals surface area contributed by atoms with Crippen molar-refractivity contribution in [3.05, 3.63) is 83.1 Å². The molecule has 0 unspecified atom stereocenters. The van der Waals surface area contributed by atoms with Gasteiger partial charge in [0.05, 0.1) is 6.61 Å². The van der Waals surface area contributed by atoms with Gasteiger partial charge >= 0.3 is 5.97 Å². The molecular weight excluding hydrogens is 416 g/mol. The average molecular weight is 438 g/mol. The van der Waals surface area contributed by atoms with Crippen LogP contribution < -0.4 is 5.32 Å². The lowest BCUT2D eigenvalue weighted by molar-refractivity contribution is 0.0528. The lowest BCUT2D eigenvalue weighted by Gasteiger charge is -2.17. The van der Waals surface area contributed by atoms with Crippen LogP contribution in [-0.4, -0.2) is 22.8 Å². The van der Waals surface area contributed by atoms with E-state index in [1.54, 1.807) is 20.8 Å². The molecule has 2 aromatic carbocycles. The fourth-order valence-corrected chi connectivity index (χ4v) is 3.57. The first-order valence-electron chi connectivity index (χ1n) is 10.5. The molecule has 4 rings (SSSR count). The number of benzene rings is 2. The van der Waals surface area contributed by atoms with Gasteiger partial charge in [0.15, 0.2) is 5.82 Å². The average Bonchev–Trinajstić information content (AvgIpc) is 3.11. The molecular formula is C26H22N4O3. The molecule has 33 heavy (non-hydrogen) atoms. The van der Waals surface area contributed by atoms with Gasteiger partial charge in [-0.3, -0.25) is 0 Å². The molecule has 0 bridgehead atoms. The summed E-state index contributed by atoms with van der Waals surface area (Å²) in [5.41, 5.74) is 3.99. The summed E-state index contributed by atoms with van der Waals surface area (Å²) in [7, 11) is 0. The number of aryl methyl sites for hydroxylation is 1. The maximum absolute atomic E-state index is 13.2. The Morgan fingerprint density at radius 1 is 1.03 bits per heavy atom. The van der Waals surface area contributed by atoms with E-state index >= 15 is 0 Å². The second-order valence-electron chi connectivity index (χ2n) is 7.32. The summed E-state index contributed by atoms with van der Waals surface area (Å²) < 4.78 is 11.1. The van der Waals surface area contributed by atoms with Crippen molar-refractivity contribution < 1.29 is 13.9 Å². The van der Waals surface area contributed by atoms with E-state index in [0.717, 1.165) is 16.7 Å². The van der Waals surface area contributed by atoms with Gasteiger partial charge in [0.2, 0.25) is 5.88 Å². The van der Waals surface area contributed by atoms with Crippen LogP contribution in [0.15, 0.2) is 65.1 Å². The largest absolute Gasteiger partial charge is 0.462 e. The third kappa shape index (κ3) is 4.19. The molecule has 2 heterocycles. The fourth-order valence-electron chi connectivity index (χ4n) is 3.57. The highest BCUT2D eigenvalue weighted by Gasteiger charge is 2.27. The molecule has 0 saturated heterocycles. The van der Waals surface area contributed by atoms with Crippen LogP contribution in [0, 0.1) is 25.2 Å². The highest BCUT2D eigenvalue weighted by atomic mass is 16.5. The number of anilines is 2. The third-order valence-corrected chi connectivity index (χ3v) is 5.29. The maximum Gasteiger partial charge on any atom is 0.342 e. The zero-order valence-corrected chi connectivity index (χ0v) is 18.5. The molecule has 164 valence electrons. The molecule has 0 amide bonds. The molecule has 0 fully saturated rings. The molecule has 0 atom stereocenters. The number of nitriles is 1. The van der Waals surface area contributed by atoms with Gasteiger partial charge in [0.25, 0.3) is 0 Å². The standard InChI is InChI=1S/C26H22N4O3/c1-4-32-26(31)22-21(18-11-7-5-8-12-18)23(19-13-9-6-10-14-19)29-30-24(22)28-25-20(15-27)16(2)17(3)33-25/h5-14H,4H2,1-3H3,(H,28,30). The SMILES string of the molecule is CCOC(=O)c1c(Nc2oc(C)c(C)c2C#N)nnc(-c2ccccc2)c1-c1ccccc1. The van der Waals surface area contributed by atoms with Gasteiger partial charge in [-0.1, -0.05) is 60.7 Å². The Morgan fingerprint density at radius 3 is 2.27 bits per heavy atom. The molecule has 7 heteroatoms. The molecule has 0 radical (unpaired) electrons. The Morgan fingerprint density at radius 2 is 1.67 bits per heavy atom. The van der Waals surface area contributed by atoms with Crippen LogP contribution in [-0.2, 0) is 4.74 Å². The van der Waals surface area contributed by atoms with Crippen LogP contribution in [0.1, 0.15) is 34.2 Å². The molecule has 1 N–H and O–H groups in total.